The second kappa shape index (κ2) is 9.66. The highest BCUT2D eigenvalue weighted by molar-refractivity contribution is 9.10. The van der Waals surface area contributed by atoms with Crippen molar-refractivity contribution >= 4 is 29.2 Å². The van der Waals surface area contributed by atoms with Gasteiger partial charge in [-0.3, -0.25) is 0 Å². The average molecular weight is 741 g/mol. The first-order chi connectivity index (χ1) is 17.5. The Labute approximate surface area is 218 Å². The molecule has 1 aromatic carbocycles. The van der Waals surface area contributed by atoms with E-state index in [1.165, 1.54) is 0 Å². The Kier molecular flexibility index (Phi) is 8.79. The van der Waals surface area contributed by atoms with Gasteiger partial charge in [-0.05, 0) is 17.3 Å². The first-order valence-electron chi connectivity index (χ1n) is 9.11. The van der Waals surface area contributed by atoms with E-state index in [0.29, 0.717) is 0 Å². The molecular formula is C16H4BrF23Si. The van der Waals surface area contributed by atoms with Gasteiger partial charge in [0.15, 0.2) is 0 Å². The second-order valence-corrected chi connectivity index (χ2v) is 12.5. The largest absolute Gasteiger partial charge is 0.460 e. The normalized spacial score (nSPS) is 16.3. The lowest BCUT2D eigenvalue weighted by molar-refractivity contribution is -0.459. The standard InChI is InChI=1S/C16H4BrF23Si/c17-5-1-3-6(4-2-5)41(15(35,36)37,16(38,39)40)14(33,34)12(28,29)10(24,25)8(20,21)7(18,19)9(22,23)11(26,27)13(30,31)32/h1-4H. The molecule has 0 aliphatic carbocycles. The molecule has 41 heavy (non-hydrogen) atoms. The van der Waals surface area contributed by atoms with Crippen LogP contribution in [0.25, 0.3) is 0 Å². The molecule has 0 fully saturated rings. The van der Waals surface area contributed by atoms with Crippen LogP contribution in [0.15, 0.2) is 28.7 Å². The number of halogens is 24. The van der Waals surface area contributed by atoms with E-state index < -0.39 is 88.7 Å². The third-order valence-electron chi connectivity index (χ3n) is 5.32. The smallest absolute Gasteiger partial charge is 0.203 e. The van der Waals surface area contributed by atoms with Crippen LogP contribution in [0.3, 0.4) is 0 Å². The molecule has 0 saturated heterocycles. The van der Waals surface area contributed by atoms with Crippen molar-refractivity contribution in [1.29, 1.82) is 0 Å². The van der Waals surface area contributed by atoms with E-state index in [1.54, 1.807) is 0 Å². The Bertz CT molecular complexity index is 1080. The minimum absolute atomic E-state index is 0.0382. The van der Waals surface area contributed by atoms with Crippen LogP contribution in [0.4, 0.5) is 101 Å². The quantitative estimate of drug-likeness (QED) is 0.185. The monoisotopic (exact) mass is 740 g/mol. The topological polar surface area (TPSA) is 0 Å². The highest BCUT2D eigenvalue weighted by atomic mass is 79.9. The van der Waals surface area contributed by atoms with Gasteiger partial charge in [-0.25, -0.2) is 8.78 Å². The van der Waals surface area contributed by atoms with Crippen LogP contribution in [0.1, 0.15) is 0 Å². The van der Waals surface area contributed by atoms with Crippen molar-refractivity contribution in [2.75, 3.05) is 0 Å². The highest BCUT2D eigenvalue weighted by Crippen LogP contribution is 2.66. The zero-order valence-electron chi connectivity index (χ0n) is 17.9. The SMILES string of the molecule is FC(F)(F)C(F)(F)C(F)(F)C(F)(F)C(F)(F)C(F)(F)C(F)(F)C(F)(F)[Si](c1ccc(Br)cc1)(C(F)(F)F)C(F)(F)F. The fourth-order valence-corrected chi connectivity index (χ4v) is 6.73. The minimum Gasteiger partial charge on any atom is -0.203 e. The maximum Gasteiger partial charge on any atom is 0.460 e. The maximum absolute atomic E-state index is 14.7. The molecule has 0 amide bonds. The minimum atomic E-state index is -10.00. The average Bonchev–Trinajstić information content (AvgIpc) is 2.71. The van der Waals surface area contributed by atoms with Gasteiger partial charge in [-0.1, -0.05) is 28.1 Å². The summed E-state index contributed by atoms with van der Waals surface area (Å²) < 4.78 is 311. The van der Waals surface area contributed by atoms with Gasteiger partial charge < -0.3 is 0 Å². The molecule has 25 heteroatoms. The number of hydrogen-bond donors (Lipinski definition) is 0. The van der Waals surface area contributed by atoms with Crippen LogP contribution < -0.4 is 5.19 Å². The zero-order valence-corrected chi connectivity index (χ0v) is 20.5. The third-order valence-corrected chi connectivity index (χ3v) is 10.0. The van der Waals surface area contributed by atoms with E-state index in [0.717, 1.165) is 0 Å². The van der Waals surface area contributed by atoms with Crippen molar-refractivity contribution in [2.45, 2.75) is 58.9 Å². The summed E-state index contributed by atoms with van der Waals surface area (Å²) in [7, 11) is -10.00. The van der Waals surface area contributed by atoms with Gasteiger partial charge in [0.1, 0.15) is 0 Å². The van der Waals surface area contributed by atoms with Crippen molar-refractivity contribution in [2.24, 2.45) is 0 Å². The maximum atomic E-state index is 14.7. The van der Waals surface area contributed by atoms with Crippen molar-refractivity contribution < 1.29 is 101 Å². The molecule has 0 atom stereocenters. The van der Waals surface area contributed by atoms with Crippen LogP contribution in [-0.2, 0) is 0 Å². The predicted octanol–water partition coefficient (Wildman–Crippen LogP) is 8.86. The summed E-state index contributed by atoms with van der Waals surface area (Å²) in [6, 6.07) is -1.51. The van der Waals surface area contributed by atoms with Crippen LogP contribution in [0.5, 0.6) is 0 Å². The number of alkyl halides is 23. The lowest BCUT2D eigenvalue weighted by atomic mass is 9.91. The first-order valence-corrected chi connectivity index (χ1v) is 11.9. The molecule has 0 N–H and O–H groups in total. The van der Waals surface area contributed by atoms with Crippen molar-refractivity contribution in [3.05, 3.63) is 28.7 Å². The fraction of sp³-hybridized carbons (Fsp3) is 0.625. The van der Waals surface area contributed by atoms with Crippen molar-refractivity contribution in [1.82, 2.24) is 0 Å². The molecule has 240 valence electrons. The van der Waals surface area contributed by atoms with Crippen LogP contribution in [-0.4, -0.2) is 66.9 Å². The first kappa shape index (κ1) is 37.3. The molecule has 1 rings (SSSR count). The molecule has 0 heterocycles. The predicted molar refractivity (Wildman–Crippen MR) is 92.3 cm³/mol. The lowest BCUT2D eigenvalue weighted by Crippen LogP contribution is -2.86. The Morgan fingerprint density at radius 3 is 0.927 bits per heavy atom. The van der Waals surface area contributed by atoms with Crippen molar-refractivity contribution in [3.8, 4) is 0 Å². The zero-order chi connectivity index (χ0) is 33.5. The molecule has 0 aliphatic heterocycles. The fourth-order valence-electron chi connectivity index (χ4n) is 3.12. The van der Waals surface area contributed by atoms with Gasteiger partial charge in [0.25, 0.3) is 0 Å². The van der Waals surface area contributed by atoms with E-state index in [4.69, 9.17) is 0 Å². The van der Waals surface area contributed by atoms with Gasteiger partial charge in [0, 0.05) is 4.47 Å². The van der Waals surface area contributed by atoms with Gasteiger partial charge in [-0.15, -0.1) is 0 Å². The highest BCUT2D eigenvalue weighted by Gasteiger charge is 3.00. The van der Waals surface area contributed by atoms with E-state index in [1.807, 2.05) is 0 Å². The molecule has 0 radical (unpaired) electrons. The van der Waals surface area contributed by atoms with Crippen LogP contribution in [0, 0.1) is 0 Å². The van der Waals surface area contributed by atoms with E-state index in [2.05, 4.69) is 15.9 Å². The second-order valence-electron chi connectivity index (χ2n) is 7.77. The summed E-state index contributed by atoms with van der Waals surface area (Å²) in [5.74, 6) is -70.4. The third kappa shape index (κ3) is 4.64. The van der Waals surface area contributed by atoms with Crippen LogP contribution >= 0.6 is 15.9 Å². The summed E-state index contributed by atoms with van der Waals surface area (Å²) in [5, 5.41) is -3.08. The molecule has 0 saturated carbocycles. The number of rotatable bonds is 8. The number of benzene rings is 1. The molecule has 0 bridgehead atoms. The Hall–Kier alpha value is -1.69. The molecule has 0 aliphatic rings. The Morgan fingerprint density at radius 1 is 0.390 bits per heavy atom. The summed E-state index contributed by atoms with van der Waals surface area (Å²) >= 11 is 2.33. The Balaban J connectivity index is 4.22. The molecule has 0 spiro atoms. The molecular weight excluding hydrogens is 737 g/mol. The number of hydrogen-bond acceptors (Lipinski definition) is 0. The summed E-state index contributed by atoms with van der Waals surface area (Å²) in [6.07, 6.45) is -8.09. The van der Waals surface area contributed by atoms with E-state index in [9.17, 15) is 101 Å². The van der Waals surface area contributed by atoms with Crippen LogP contribution in [0.2, 0.25) is 0 Å². The Morgan fingerprint density at radius 2 is 0.659 bits per heavy atom. The molecule has 1 aromatic rings. The van der Waals surface area contributed by atoms with Gasteiger partial charge in [-0.2, -0.15) is 92.2 Å². The summed E-state index contributed by atoms with van der Waals surface area (Å²) in [4.78, 5) is 0. The van der Waals surface area contributed by atoms with Gasteiger partial charge in [0.2, 0.25) is 0 Å². The lowest BCUT2D eigenvalue weighted by Gasteiger charge is -2.47. The van der Waals surface area contributed by atoms with Crippen molar-refractivity contribution in [3.63, 3.8) is 0 Å². The van der Waals surface area contributed by atoms with Gasteiger partial charge in [0.05, 0.1) is 0 Å². The van der Waals surface area contributed by atoms with E-state index in [-0.39, 0.29) is 12.1 Å². The summed E-state index contributed by atoms with van der Waals surface area (Å²) in [5.41, 5.74) is -8.75. The van der Waals surface area contributed by atoms with Gasteiger partial charge >= 0.3 is 66.9 Å². The van der Waals surface area contributed by atoms with E-state index >= 15 is 0 Å². The molecule has 0 nitrogen and oxygen atoms in total. The molecule has 0 unspecified atom stereocenters. The molecule has 0 aromatic heterocycles. The summed E-state index contributed by atoms with van der Waals surface area (Å²) in [6.45, 7) is 0.